The second kappa shape index (κ2) is 14.9. The van der Waals surface area contributed by atoms with Gasteiger partial charge in [0, 0.05) is 48.8 Å². The minimum absolute atomic E-state index is 0.000716. The highest BCUT2D eigenvalue weighted by Gasteiger charge is 2.21. The van der Waals surface area contributed by atoms with E-state index in [0.717, 1.165) is 35.8 Å². The van der Waals surface area contributed by atoms with Gasteiger partial charge in [0.15, 0.2) is 12.1 Å². The number of hydrazone groups is 1. The Morgan fingerprint density at radius 3 is 2.27 bits per heavy atom. The molecule has 1 amide bonds. The van der Waals surface area contributed by atoms with E-state index >= 15 is 0 Å². The number of aldehydes is 1. The maximum Gasteiger partial charge on any atom is 0.250 e. The third-order valence-electron chi connectivity index (χ3n) is 7.00. The molecule has 44 heavy (non-hydrogen) atoms. The Morgan fingerprint density at radius 2 is 1.64 bits per heavy atom. The quantitative estimate of drug-likeness (QED) is 0.168. The minimum atomic E-state index is -0.000716. The first-order chi connectivity index (χ1) is 21.3. The summed E-state index contributed by atoms with van der Waals surface area (Å²) in [6, 6.07) is 13.0. The van der Waals surface area contributed by atoms with Crippen LogP contribution in [-0.4, -0.2) is 78.5 Å². The molecule has 1 aromatic heterocycles. The monoisotopic (exact) mass is 597 g/mol. The number of benzene rings is 2. The second-order valence-corrected chi connectivity index (χ2v) is 10.4. The number of carbonyl (C=O) groups is 2. The smallest absolute Gasteiger partial charge is 0.250 e. The van der Waals surface area contributed by atoms with Gasteiger partial charge in [-0.1, -0.05) is 38.1 Å². The van der Waals surface area contributed by atoms with Gasteiger partial charge in [-0.2, -0.15) is 15.1 Å². The van der Waals surface area contributed by atoms with E-state index in [1.54, 1.807) is 30.4 Å². The average molecular weight is 598 g/mol. The number of carbonyl (C=O) groups excluding carboxylic acids is 2. The standard InChI is InChI=1S/C33H39N7O4/c1-6-12-40(13-7-2)33(42)26-15-24-10-8-23(16-28(24)36-29(34)17-26)22-9-11-25(21-41)27(14-22)19-35-39(3)20-30-37-31(43-4)18-32(38-30)44-5/h8-11,14-16,18-19,21H,6-7,12-13,17,20H2,1-5H3,(H2,34,36)/b35-19-. The van der Waals surface area contributed by atoms with Crippen molar-refractivity contribution in [1.29, 1.82) is 0 Å². The zero-order valence-corrected chi connectivity index (χ0v) is 25.9. The molecule has 2 aromatic carbocycles. The van der Waals surface area contributed by atoms with E-state index in [9.17, 15) is 9.59 Å². The van der Waals surface area contributed by atoms with Gasteiger partial charge in [0.1, 0.15) is 5.84 Å². The number of hydrogen-bond donors (Lipinski definition) is 1. The second-order valence-electron chi connectivity index (χ2n) is 10.4. The number of aliphatic imine (C=N–C) groups is 1. The van der Waals surface area contributed by atoms with Crippen molar-refractivity contribution in [3.8, 4) is 22.9 Å². The highest BCUT2D eigenvalue weighted by atomic mass is 16.5. The molecular formula is C33H39N7O4. The van der Waals surface area contributed by atoms with Crippen LogP contribution in [0.4, 0.5) is 5.69 Å². The first-order valence-electron chi connectivity index (χ1n) is 14.6. The fourth-order valence-corrected chi connectivity index (χ4v) is 4.87. The fraction of sp³-hybridized carbons (Fsp3) is 0.333. The summed E-state index contributed by atoms with van der Waals surface area (Å²) in [6.45, 7) is 5.83. The maximum absolute atomic E-state index is 13.3. The molecule has 0 atom stereocenters. The number of ether oxygens (including phenoxy) is 2. The summed E-state index contributed by atoms with van der Waals surface area (Å²) in [5.41, 5.74) is 11.3. The van der Waals surface area contributed by atoms with Crippen LogP contribution in [0.3, 0.4) is 0 Å². The third-order valence-corrected chi connectivity index (χ3v) is 7.00. The molecule has 11 nitrogen and oxygen atoms in total. The Kier molecular flexibility index (Phi) is 10.8. The molecule has 4 rings (SSSR count). The Bertz CT molecular complexity index is 1570. The Balaban J connectivity index is 1.60. The topological polar surface area (TPSA) is 136 Å². The molecule has 0 aliphatic carbocycles. The lowest BCUT2D eigenvalue weighted by Crippen LogP contribution is -2.34. The number of hydrogen-bond acceptors (Lipinski definition) is 10. The van der Waals surface area contributed by atoms with Gasteiger partial charge in [-0.25, -0.2) is 4.99 Å². The Hall–Kier alpha value is -5.06. The van der Waals surface area contributed by atoms with Crippen molar-refractivity contribution in [3.05, 3.63) is 70.6 Å². The van der Waals surface area contributed by atoms with Crippen molar-refractivity contribution >= 4 is 36.0 Å². The molecule has 11 heteroatoms. The van der Waals surface area contributed by atoms with Gasteiger partial charge in [-0.3, -0.25) is 14.6 Å². The normalized spacial score (nSPS) is 12.6. The molecule has 230 valence electrons. The van der Waals surface area contributed by atoms with E-state index in [1.165, 1.54) is 14.2 Å². The maximum atomic E-state index is 13.3. The average Bonchev–Trinajstić information content (AvgIpc) is 3.20. The molecule has 0 spiro atoms. The van der Waals surface area contributed by atoms with Gasteiger partial charge in [0.2, 0.25) is 17.7 Å². The largest absolute Gasteiger partial charge is 0.481 e. The highest BCUT2D eigenvalue weighted by Crippen LogP contribution is 2.32. The SMILES string of the molecule is CCCN(CCC)C(=O)C1=Cc2ccc(-c3ccc(C=O)c(/C=N\N(C)Cc4nc(OC)cc(OC)n4)c3)cc2N=C(N)C1. The number of rotatable bonds is 13. The molecule has 0 radical (unpaired) electrons. The summed E-state index contributed by atoms with van der Waals surface area (Å²) in [4.78, 5) is 40.4. The first-order valence-corrected chi connectivity index (χ1v) is 14.6. The first kappa shape index (κ1) is 31.9. The zero-order chi connectivity index (χ0) is 31.6. The lowest BCUT2D eigenvalue weighted by atomic mass is 9.97. The van der Waals surface area contributed by atoms with Crippen molar-refractivity contribution in [2.45, 2.75) is 39.7 Å². The van der Waals surface area contributed by atoms with Crippen molar-refractivity contribution in [2.24, 2.45) is 15.8 Å². The van der Waals surface area contributed by atoms with Crippen LogP contribution in [0.1, 0.15) is 60.4 Å². The molecule has 2 heterocycles. The van der Waals surface area contributed by atoms with Crippen LogP contribution in [0.5, 0.6) is 11.8 Å². The van der Waals surface area contributed by atoms with E-state index in [1.807, 2.05) is 41.3 Å². The number of methoxy groups -OCH3 is 2. The molecule has 0 fully saturated rings. The van der Waals surface area contributed by atoms with E-state index in [4.69, 9.17) is 15.2 Å². The van der Waals surface area contributed by atoms with Gasteiger partial charge in [-0.15, -0.1) is 0 Å². The summed E-state index contributed by atoms with van der Waals surface area (Å²) in [6.07, 6.45) is 6.40. The Labute approximate surface area is 258 Å². The van der Waals surface area contributed by atoms with E-state index in [-0.39, 0.29) is 12.5 Å². The van der Waals surface area contributed by atoms with E-state index < -0.39 is 0 Å². The minimum Gasteiger partial charge on any atom is -0.481 e. The lowest BCUT2D eigenvalue weighted by molar-refractivity contribution is -0.127. The van der Waals surface area contributed by atoms with Gasteiger partial charge < -0.3 is 20.1 Å². The van der Waals surface area contributed by atoms with Crippen LogP contribution in [0.25, 0.3) is 17.2 Å². The number of nitrogens with two attached hydrogens (primary N) is 1. The molecule has 0 bridgehead atoms. The summed E-state index contributed by atoms with van der Waals surface area (Å²) in [7, 11) is 4.83. The fourth-order valence-electron chi connectivity index (χ4n) is 4.87. The van der Waals surface area contributed by atoms with Crippen molar-refractivity contribution in [3.63, 3.8) is 0 Å². The zero-order valence-electron chi connectivity index (χ0n) is 25.9. The van der Waals surface area contributed by atoms with Crippen molar-refractivity contribution in [1.82, 2.24) is 19.9 Å². The van der Waals surface area contributed by atoms with Gasteiger partial charge in [0.25, 0.3) is 0 Å². The predicted octanol–water partition coefficient (Wildman–Crippen LogP) is 4.86. The summed E-state index contributed by atoms with van der Waals surface area (Å²) in [5.74, 6) is 1.63. The molecule has 0 saturated carbocycles. The summed E-state index contributed by atoms with van der Waals surface area (Å²) in [5, 5.41) is 6.16. The molecular weight excluding hydrogens is 558 g/mol. The lowest BCUT2D eigenvalue weighted by Gasteiger charge is -2.22. The van der Waals surface area contributed by atoms with Crippen LogP contribution in [-0.2, 0) is 11.3 Å². The Morgan fingerprint density at radius 1 is 0.977 bits per heavy atom. The van der Waals surface area contributed by atoms with Gasteiger partial charge >= 0.3 is 0 Å². The predicted molar refractivity (Wildman–Crippen MR) is 173 cm³/mol. The number of nitrogens with zero attached hydrogens (tertiary/aromatic N) is 6. The van der Waals surface area contributed by atoms with E-state index in [0.29, 0.717) is 65.3 Å². The van der Waals surface area contributed by atoms with Crippen molar-refractivity contribution < 1.29 is 19.1 Å². The number of amides is 1. The highest BCUT2D eigenvalue weighted by molar-refractivity contribution is 6.05. The van der Waals surface area contributed by atoms with Crippen LogP contribution >= 0.6 is 0 Å². The van der Waals surface area contributed by atoms with Gasteiger partial charge in [-0.05, 0) is 42.2 Å². The third kappa shape index (κ3) is 7.85. The van der Waals surface area contributed by atoms with E-state index in [2.05, 4.69) is 33.9 Å². The number of aromatic nitrogens is 2. The number of fused-ring (bicyclic) bond motifs is 1. The molecule has 2 N–H and O–H groups in total. The molecule has 0 saturated heterocycles. The molecule has 1 aliphatic rings. The molecule has 1 aliphatic heterocycles. The van der Waals surface area contributed by atoms with Crippen LogP contribution in [0, 0.1) is 0 Å². The molecule has 3 aromatic rings. The van der Waals surface area contributed by atoms with Crippen LogP contribution in [0.15, 0.2) is 58.1 Å². The number of amidine groups is 1. The van der Waals surface area contributed by atoms with Crippen molar-refractivity contribution in [2.75, 3.05) is 34.4 Å². The van der Waals surface area contributed by atoms with Crippen LogP contribution < -0.4 is 15.2 Å². The summed E-state index contributed by atoms with van der Waals surface area (Å²) < 4.78 is 10.4. The van der Waals surface area contributed by atoms with Gasteiger partial charge in [0.05, 0.1) is 38.7 Å². The van der Waals surface area contributed by atoms with Crippen LogP contribution in [0.2, 0.25) is 0 Å². The molecule has 0 unspecified atom stereocenters. The summed E-state index contributed by atoms with van der Waals surface area (Å²) >= 11 is 0.